The summed E-state index contributed by atoms with van der Waals surface area (Å²) in [5.41, 5.74) is 0.733. The molecule has 3 aromatic rings. The Morgan fingerprint density at radius 1 is 0.842 bits per heavy atom. The van der Waals surface area contributed by atoms with E-state index in [0.717, 1.165) is 30.3 Å². The van der Waals surface area contributed by atoms with Crippen molar-refractivity contribution < 1.29 is 42.0 Å². The summed E-state index contributed by atoms with van der Waals surface area (Å²) >= 11 is 0. The maximum atomic E-state index is 12.8. The second-order valence-electron chi connectivity index (χ2n) is 7.79. The predicted octanol–water partition coefficient (Wildman–Crippen LogP) is 6.42. The normalized spacial score (nSPS) is 11.6. The number of allylic oxidation sites excluding steroid dienone is 1. The first-order valence-corrected chi connectivity index (χ1v) is 11.2. The summed E-state index contributed by atoms with van der Waals surface area (Å²) in [5.74, 6) is 0.841. The van der Waals surface area contributed by atoms with Crippen molar-refractivity contribution in [2.45, 2.75) is 6.18 Å². The minimum absolute atomic E-state index is 0.0773. The molecule has 0 radical (unpaired) electrons. The number of carbonyl (C=O) groups excluding carboxylic acids is 1. The maximum absolute atomic E-state index is 12.8. The average Bonchev–Trinajstić information content (AvgIpc) is 2.91. The van der Waals surface area contributed by atoms with Crippen LogP contribution in [0.5, 0.6) is 28.7 Å². The molecule has 0 bridgehead atoms. The number of phenols is 1. The molecular formula is C28H26F3NO6. The summed E-state index contributed by atoms with van der Waals surface area (Å²) in [6.45, 7) is 0. The topological polar surface area (TPSA) is 86.3 Å². The lowest BCUT2D eigenvalue weighted by Crippen LogP contribution is -2.05. The fourth-order valence-corrected chi connectivity index (χ4v) is 3.55. The molecule has 200 valence electrons. The van der Waals surface area contributed by atoms with E-state index in [-0.39, 0.29) is 22.7 Å². The van der Waals surface area contributed by atoms with E-state index in [1.165, 1.54) is 34.6 Å². The van der Waals surface area contributed by atoms with Gasteiger partial charge in [0, 0.05) is 23.4 Å². The van der Waals surface area contributed by atoms with Crippen molar-refractivity contribution in [3.05, 3.63) is 83.1 Å². The first-order chi connectivity index (χ1) is 18.1. The van der Waals surface area contributed by atoms with E-state index in [4.69, 9.17) is 18.9 Å². The molecule has 3 aromatic carbocycles. The highest BCUT2D eigenvalue weighted by Gasteiger charge is 2.30. The van der Waals surface area contributed by atoms with Gasteiger partial charge in [0.2, 0.25) is 5.75 Å². The maximum Gasteiger partial charge on any atom is 0.416 e. The van der Waals surface area contributed by atoms with Crippen LogP contribution in [-0.4, -0.2) is 39.3 Å². The Morgan fingerprint density at radius 3 is 1.97 bits per heavy atom. The molecule has 0 amide bonds. The van der Waals surface area contributed by atoms with Crippen LogP contribution in [-0.2, 0) is 6.18 Å². The highest BCUT2D eigenvalue weighted by atomic mass is 19.4. The zero-order valence-corrected chi connectivity index (χ0v) is 21.1. The van der Waals surface area contributed by atoms with Gasteiger partial charge >= 0.3 is 6.18 Å². The smallest absolute Gasteiger partial charge is 0.416 e. The third-order valence-electron chi connectivity index (χ3n) is 5.49. The molecule has 0 saturated carbocycles. The molecule has 38 heavy (non-hydrogen) atoms. The Labute approximate surface area is 217 Å². The second kappa shape index (κ2) is 12.1. The van der Waals surface area contributed by atoms with Gasteiger partial charge in [-0.05, 0) is 42.0 Å². The SMILES string of the molecule is COc1ccc(C=Cc2cc(OC)c(OC)c(OC)c2)c(NC=CC(=O)c2ccc(C(F)(F)F)cc2)c1O. The lowest BCUT2D eigenvalue weighted by atomic mass is 10.1. The van der Waals surface area contributed by atoms with Crippen LogP contribution in [0, 0.1) is 0 Å². The van der Waals surface area contributed by atoms with Crippen molar-refractivity contribution >= 4 is 23.6 Å². The lowest BCUT2D eigenvalue weighted by molar-refractivity contribution is -0.137. The summed E-state index contributed by atoms with van der Waals surface area (Å²) in [6, 6.07) is 10.7. The molecule has 7 nitrogen and oxygen atoms in total. The predicted molar refractivity (Wildman–Crippen MR) is 138 cm³/mol. The number of phenolic OH excluding ortho intramolecular Hbond substituents is 1. The van der Waals surface area contributed by atoms with E-state index in [2.05, 4.69) is 5.32 Å². The third-order valence-corrected chi connectivity index (χ3v) is 5.49. The van der Waals surface area contributed by atoms with Gasteiger partial charge in [0.1, 0.15) is 0 Å². The quantitative estimate of drug-likeness (QED) is 0.136. The number of carbonyl (C=O) groups is 1. The molecular weight excluding hydrogens is 503 g/mol. The fraction of sp³-hybridized carbons (Fsp3) is 0.179. The van der Waals surface area contributed by atoms with Gasteiger partial charge in [-0.3, -0.25) is 4.79 Å². The number of hydrogen-bond acceptors (Lipinski definition) is 7. The molecule has 10 heteroatoms. The number of benzene rings is 3. The number of halogens is 3. The van der Waals surface area contributed by atoms with Crippen molar-refractivity contribution in [2.24, 2.45) is 0 Å². The van der Waals surface area contributed by atoms with Crippen LogP contribution in [0.2, 0.25) is 0 Å². The molecule has 0 aliphatic rings. The Hall–Kier alpha value is -4.60. The van der Waals surface area contributed by atoms with Gasteiger partial charge in [0.15, 0.2) is 28.8 Å². The largest absolute Gasteiger partial charge is 0.503 e. The number of ether oxygens (including phenoxy) is 4. The monoisotopic (exact) mass is 529 g/mol. The minimum atomic E-state index is -4.49. The van der Waals surface area contributed by atoms with Crippen molar-refractivity contribution in [3.8, 4) is 28.7 Å². The Bertz CT molecular complexity index is 1320. The average molecular weight is 530 g/mol. The summed E-state index contributed by atoms with van der Waals surface area (Å²) < 4.78 is 59.6. The molecule has 0 fully saturated rings. The Kier molecular flexibility index (Phi) is 8.90. The number of alkyl halides is 3. The first-order valence-electron chi connectivity index (χ1n) is 11.2. The van der Waals surface area contributed by atoms with E-state index >= 15 is 0 Å². The van der Waals surface area contributed by atoms with Crippen LogP contribution in [0.3, 0.4) is 0 Å². The number of hydrogen-bond donors (Lipinski definition) is 2. The molecule has 0 unspecified atom stereocenters. The molecule has 3 rings (SSSR count). The molecule has 0 spiro atoms. The van der Waals surface area contributed by atoms with Crippen molar-refractivity contribution in [3.63, 3.8) is 0 Å². The van der Waals surface area contributed by atoms with E-state index in [9.17, 15) is 23.1 Å². The molecule has 0 aliphatic carbocycles. The molecule has 0 saturated heterocycles. The second-order valence-corrected chi connectivity index (χ2v) is 7.79. The highest BCUT2D eigenvalue weighted by molar-refractivity contribution is 6.04. The Morgan fingerprint density at radius 2 is 1.45 bits per heavy atom. The van der Waals surface area contributed by atoms with Crippen molar-refractivity contribution in [1.29, 1.82) is 0 Å². The van der Waals surface area contributed by atoms with Gasteiger partial charge in [-0.2, -0.15) is 13.2 Å². The van der Waals surface area contributed by atoms with Gasteiger partial charge in [0.25, 0.3) is 0 Å². The van der Waals surface area contributed by atoms with Crippen LogP contribution in [0.15, 0.2) is 60.8 Å². The standard InChI is InChI=1S/C28H26F3NO6/c1-35-22-12-9-19(6-5-17-15-23(36-2)27(38-4)24(16-17)37-3)25(26(22)34)32-14-13-21(33)18-7-10-20(11-8-18)28(29,30)31/h5-16,32,34H,1-4H3. The lowest BCUT2D eigenvalue weighted by Gasteiger charge is -2.13. The molecule has 0 aliphatic heterocycles. The van der Waals surface area contributed by atoms with Gasteiger partial charge in [-0.15, -0.1) is 0 Å². The number of methoxy groups -OCH3 is 4. The van der Waals surface area contributed by atoms with E-state index < -0.39 is 17.5 Å². The summed E-state index contributed by atoms with van der Waals surface area (Å²) in [5, 5.41) is 13.5. The van der Waals surface area contributed by atoms with Crippen molar-refractivity contribution in [2.75, 3.05) is 33.8 Å². The van der Waals surface area contributed by atoms with Gasteiger partial charge in [-0.1, -0.05) is 24.3 Å². The van der Waals surface area contributed by atoms with Crippen LogP contribution < -0.4 is 24.3 Å². The molecule has 0 atom stereocenters. The number of aromatic hydroxyl groups is 1. The number of rotatable bonds is 10. The van der Waals surface area contributed by atoms with Crippen LogP contribution in [0.1, 0.15) is 27.0 Å². The van der Waals surface area contributed by atoms with Crippen molar-refractivity contribution in [1.82, 2.24) is 0 Å². The summed E-state index contributed by atoms with van der Waals surface area (Å²) in [4.78, 5) is 12.4. The number of anilines is 1. The molecule has 2 N–H and O–H groups in total. The van der Waals surface area contributed by atoms with E-state index in [1.807, 2.05) is 0 Å². The third kappa shape index (κ3) is 6.39. The first kappa shape index (κ1) is 28.0. The van der Waals surface area contributed by atoms with E-state index in [0.29, 0.717) is 28.4 Å². The van der Waals surface area contributed by atoms with Gasteiger partial charge in [-0.25, -0.2) is 0 Å². The Balaban J connectivity index is 1.88. The zero-order valence-electron chi connectivity index (χ0n) is 21.1. The molecule has 0 heterocycles. The van der Waals surface area contributed by atoms with Gasteiger partial charge < -0.3 is 29.4 Å². The van der Waals surface area contributed by atoms with Crippen LogP contribution in [0.4, 0.5) is 18.9 Å². The number of ketones is 1. The highest BCUT2D eigenvalue weighted by Crippen LogP contribution is 2.40. The van der Waals surface area contributed by atoms with Gasteiger partial charge in [0.05, 0.1) is 39.7 Å². The van der Waals surface area contributed by atoms with Crippen LogP contribution in [0.25, 0.3) is 12.2 Å². The number of nitrogens with one attached hydrogen (secondary N) is 1. The summed E-state index contributed by atoms with van der Waals surface area (Å²) in [7, 11) is 5.91. The summed E-state index contributed by atoms with van der Waals surface area (Å²) in [6.07, 6.45) is 1.41. The van der Waals surface area contributed by atoms with E-state index in [1.54, 1.807) is 36.4 Å². The molecule has 0 aromatic heterocycles. The fourth-order valence-electron chi connectivity index (χ4n) is 3.55. The van der Waals surface area contributed by atoms with Crippen LogP contribution >= 0.6 is 0 Å². The minimum Gasteiger partial charge on any atom is -0.503 e. The zero-order chi connectivity index (χ0) is 27.9.